The Hall–Kier alpha value is -1.14. The highest BCUT2D eigenvalue weighted by Gasteiger charge is 2.39. The lowest BCUT2D eigenvalue weighted by Gasteiger charge is -2.31. The van der Waals surface area contributed by atoms with Gasteiger partial charge in [0.05, 0.1) is 18.1 Å². The number of aliphatic hydroxyl groups is 2. The van der Waals surface area contributed by atoms with Crippen molar-refractivity contribution >= 4 is 11.9 Å². The van der Waals surface area contributed by atoms with E-state index in [4.69, 9.17) is 5.11 Å². The normalized spacial score (nSPS) is 13.7. The number of aliphatic carboxylic acids is 2. The summed E-state index contributed by atoms with van der Waals surface area (Å²) in [4.78, 5) is 22.9. The van der Waals surface area contributed by atoms with Crippen molar-refractivity contribution in [2.45, 2.75) is 212 Å². The molecular formula is C37H72O6. The topological polar surface area (TPSA) is 115 Å². The first-order valence-electron chi connectivity index (χ1n) is 18.6. The van der Waals surface area contributed by atoms with Crippen LogP contribution in [0.15, 0.2) is 0 Å². The van der Waals surface area contributed by atoms with Crippen LogP contribution >= 0.6 is 0 Å². The van der Waals surface area contributed by atoms with Crippen molar-refractivity contribution in [1.29, 1.82) is 0 Å². The highest BCUT2D eigenvalue weighted by Crippen LogP contribution is 2.37. The van der Waals surface area contributed by atoms with E-state index in [1.807, 2.05) is 0 Å². The molecule has 0 radical (unpaired) electrons. The molecule has 0 spiro atoms. The van der Waals surface area contributed by atoms with Gasteiger partial charge in [-0.15, -0.1) is 0 Å². The molecular weight excluding hydrogens is 540 g/mol. The molecule has 0 saturated heterocycles. The first kappa shape index (κ1) is 41.9. The summed E-state index contributed by atoms with van der Waals surface area (Å²) in [5.41, 5.74) is -0.918. The minimum absolute atomic E-state index is 0.154. The maximum Gasteiger partial charge on any atom is 0.309 e. The average molecular weight is 613 g/mol. The molecule has 0 saturated carbocycles. The second kappa shape index (κ2) is 30.9. The van der Waals surface area contributed by atoms with E-state index in [1.54, 1.807) is 0 Å². The molecule has 0 aliphatic rings. The first-order chi connectivity index (χ1) is 20.9. The van der Waals surface area contributed by atoms with Gasteiger partial charge in [-0.25, -0.2) is 0 Å². The van der Waals surface area contributed by atoms with Gasteiger partial charge in [0.2, 0.25) is 0 Å². The number of carboxylic acids is 2. The summed E-state index contributed by atoms with van der Waals surface area (Å²) in [5, 5.41) is 38.4. The fourth-order valence-electron chi connectivity index (χ4n) is 6.49. The third-order valence-corrected chi connectivity index (χ3v) is 9.35. The van der Waals surface area contributed by atoms with Crippen LogP contribution in [-0.4, -0.2) is 45.1 Å². The molecule has 0 rings (SSSR count). The number of aliphatic hydroxyl groups excluding tert-OH is 2. The number of carbonyl (C=O) groups is 2. The van der Waals surface area contributed by atoms with Crippen molar-refractivity contribution in [2.24, 2.45) is 5.41 Å². The SMILES string of the molecule is CCCCCCCCCCCCCCC(CCCCCCCCCCCCCCCCCC(=O)O)(CC(O)CO)C(=O)O. The molecule has 0 fully saturated rings. The van der Waals surface area contributed by atoms with E-state index < -0.39 is 23.5 Å². The predicted molar refractivity (Wildman–Crippen MR) is 180 cm³/mol. The molecule has 0 heterocycles. The molecule has 0 aromatic heterocycles. The Morgan fingerprint density at radius 3 is 1.09 bits per heavy atom. The Morgan fingerprint density at radius 2 is 0.814 bits per heavy atom. The van der Waals surface area contributed by atoms with Gasteiger partial charge in [-0.3, -0.25) is 9.59 Å². The minimum Gasteiger partial charge on any atom is -0.481 e. The monoisotopic (exact) mass is 613 g/mol. The van der Waals surface area contributed by atoms with Gasteiger partial charge < -0.3 is 20.4 Å². The van der Waals surface area contributed by atoms with Gasteiger partial charge in [0.1, 0.15) is 0 Å². The van der Waals surface area contributed by atoms with Crippen molar-refractivity contribution in [2.75, 3.05) is 6.61 Å². The summed E-state index contributed by atoms with van der Waals surface area (Å²) < 4.78 is 0. The van der Waals surface area contributed by atoms with E-state index in [9.17, 15) is 24.9 Å². The van der Waals surface area contributed by atoms with Gasteiger partial charge in [0.15, 0.2) is 0 Å². The molecule has 256 valence electrons. The van der Waals surface area contributed by atoms with E-state index >= 15 is 0 Å². The maximum atomic E-state index is 12.4. The molecule has 0 aliphatic heterocycles. The van der Waals surface area contributed by atoms with Crippen LogP contribution in [0.4, 0.5) is 0 Å². The van der Waals surface area contributed by atoms with Crippen LogP contribution in [0.5, 0.6) is 0 Å². The van der Waals surface area contributed by atoms with E-state index in [2.05, 4.69) is 6.92 Å². The van der Waals surface area contributed by atoms with Gasteiger partial charge in [-0.1, -0.05) is 174 Å². The number of unbranched alkanes of at least 4 members (excludes halogenated alkanes) is 25. The molecule has 0 aromatic carbocycles. The Morgan fingerprint density at radius 1 is 0.512 bits per heavy atom. The van der Waals surface area contributed by atoms with E-state index in [1.165, 1.54) is 116 Å². The molecule has 6 heteroatoms. The summed E-state index contributed by atoms with van der Waals surface area (Å²) in [6.07, 6.45) is 33.1. The van der Waals surface area contributed by atoms with Crippen molar-refractivity contribution in [3.05, 3.63) is 0 Å². The highest BCUT2D eigenvalue weighted by atomic mass is 16.4. The zero-order valence-corrected chi connectivity index (χ0v) is 28.3. The Bertz CT molecular complexity index is 624. The Kier molecular flexibility index (Phi) is 30.0. The summed E-state index contributed by atoms with van der Waals surface area (Å²) in [6, 6.07) is 0. The number of carboxylic acid groups (broad SMARTS) is 2. The largest absolute Gasteiger partial charge is 0.481 e. The summed E-state index contributed by atoms with van der Waals surface area (Å²) in [6.45, 7) is 1.88. The number of rotatable bonds is 35. The molecule has 0 bridgehead atoms. The Labute approximate surface area is 265 Å². The van der Waals surface area contributed by atoms with E-state index in [-0.39, 0.29) is 13.0 Å². The molecule has 0 aliphatic carbocycles. The lowest BCUT2D eigenvalue weighted by atomic mass is 9.73. The first-order valence-corrected chi connectivity index (χ1v) is 18.6. The van der Waals surface area contributed by atoms with Crippen LogP contribution in [0.3, 0.4) is 0 Å². The van der Waals surface area contributed by atoms with Crippen LogP contribution in [-0.2, 0) is 9.59 Å². The van der Waals surface area contributed by atoms with Crippen molar-refractivity contribution in [3.8, 4) is 0 Å². The van der Waals surface area contributed by atoms with E-state index in [0.29, 0.717) is 19.3 Å². The van der Waals surface area contributed by atoms with Crippen LogP contribution in [0.2, 0.25) is 0 Å². The fraction of sp³-hybridized carbons (Fsp3) is 0.946. The second-order valence-electron chi connectivity index (χ2n) is 13.5. The Balaban J connectivity index is 3.98. The molecule has 43 heavy (non-hydrogen) atoms. The van der Waals surface area contributed by atoms with Crippen LogP contribution in [0.25, 0.3) is 0 Å². The second-order valence-corrected chi connectivity index (χ2v) is 13.5. The highest BCUT2D eigenvalue weighted by molar-refractivity contribution is 5.74. The number of hydrogen-bond donors (Lipinski definition) is 4. The van der Waals surface area contributed by atoms with Gasteiger partial charge in [0, 0.05) is 6.42 Å². The van der Waals surface area contributed by atoms with Crippen LogP contribution in [0, 0.1) is 5.41 Å². The third kappa shape index (κ3) is 26.9. The zero-order chi connectivity index (χ0) is 31.9. The van der Waals surface area contributed by atoms with Gasteiger partial charge in [-0.05, 0) is 25.7 Å². The minimum atomic E-state index is -0.961. The predicted octanol–water partition coefficient (Wildman–Crippen LogP) is 10.6. The molecule has 2 unspecified atom stereocenters. The van der Waals surface area contributed by atoms with Crippen LogP contribution in [0.1, 0.15) is 206 Å². The maximum absolute atomic E-state index is 12.4. The van der Waals surface area contributed by atoms with Gasteiger partial charge >= 0.3 is 11.9 Å². The average Bonchev–Trinajstić information content (AvgIpc) is 2.98. The third-order valence-electron chi connectivity index (χ3n) is 9.35. The molecule has 0 amide bonds. The smallest absolute Gasteiger partial charge is 0.309 e. The van der Waals surface area contributed by atoms with Gasteiger partial charge in [-0.2, -0.15) is 0 Å². The molecule has 0 aromatic rings. The summed E-state index contributed by atoms with van der Waals surface area (Å²) >= 11 is 0. The lowest BCUT2D eigenvalue weighted by molar-refractivity contribution is -0.153. The van der Waals surface area contributed by atoms with E-state index in [0.717, 1.165) is 57.8 Å². The van der Waals surface area contributed by atoms with Crippen molar-refractivity contribution in [3.63, 3.8) is 0 Å². The molecule has 4 N–H and O–H groups in total. The molecule has 6 nitrogen and oxygen atoms in total. The van der Waals surface area contributed by atoms with Crippen molar-refractivity contribution < 1.29 is 30.0 Å². The van der Waals surface area contributed by atoms with Crippen molar-refractivity contribution in [1.82, 2.24) is 0 Å². The summed E-state index contributed by atoms with van der Waals surface area (Å²) in [5.74, 6) is -1.49. The molecule has 2 atom stereocenters. The fourth-order valence-corrected chi connectivity index (χ4v) is 6.49. The lowest BCUT2D eigenvalue weighted by Crippen LogP contribution is -2.36. The van der Waals surface area contributed by atoms with Gasteiger partial charge in [0.25, 0.3) is 0 Å². The number of hydrogen-bond acceptors (Lipinski definition) is 4. The zero-order valence-electron chi connectivity index (χ0n) is 28.3. The van der Waals surface area contributed by atoms with Crippen LogP contribution < -0.4 is 0 Å². The quantitative estimate of drug-likeness (QED) is 0.0529. The summed E-state index contributed by atoms with van der Waals surface area (Å²) in [7, 11) is 0. The standard InChI is InChI=1S/C37H72O6/c1-2-3-4-5-6-7-8-15-18-21-24-27-30-37(36(42)43,32-34(39)33-38)31-28-25-22-19-16-13-11-9-10-12-14-17-20-23-26-29-35(40)41/h34,38-39H,2-33H2,1H3,(H,40,41)(H,42,43).